The van der Waals surface area contributed by atoms with Crippen molar-refractivity contribution in [1.82, 2.24) is 0 Å². The summed E-state index contributed by atoms with van der Waals surface area (Å²) in [4.78, 5) is 0. The summed E-state index contributed by atoms with van der Waals surface area (Å²) >= 11 is 0. The lowest BCUT2D eigenvalue weighted by Crippen LogP contribution is -2.00. The molecule has 1 aliphatic rings. The lowest BCUT2D eigenvalue weighted by Gasteiger charge is -2.12. The molecule has 1 heteroatoms. The molecule has 0 heterocycles. The van der Waals surface area contributed by atoms with Crippen LogP contribution in [0.2, 0.25) is 0 Å². The fourth-order valence-corrected chi connectivity index (χ4v) is 1.79. The maximum absolute atomic E-state index is 9.97. The van der Waals surface area contributed by atoms with Gasteiger partial charge in [-0.05, 0) is 35.8 Å². The zero-order valence-electron chi connectivity index (χ0n) is 8.90. The predicted octanol–water partition coefficient (Wildman–Crippen LogP) is 3.25. The highest BCUT2D eigenvalue weighted by Crippen LogP contribution is 2.41. The normalized spacial score (nSPS) is 18.6. The molecule has 76 valence electrons. The van der Waals surface area contributed by atoms with Crippen molar-refractivity contribution in [1.29, 1.82) is 0 Å². The Hall–Kier alpha value is -0.820. The second kappa shape index (κ2) is 3.74. The topological polar surface area (TPSA) is 20.2 Å². The third kappa shape index (κ3) is 1.98. The Bertz CT molecular complexity index is 313. The summed E-state index contributed by atoms with van der Waals surface area (Å²) in [6.45, 7) is 4.37. The highest BCUT2D eigenvalue weighted by molar-refractivity contribution is 5.28. The van der Waals surface area contributed by atoms with Crippen LogP contribution in [-0.2, 0) is 0 Å². The molecular weight excluding hydrogens is 172 g/mol. The van der Waals surface area contributed by atoms with Gasteiger partial charge in [-0.1, -0.05) is 38.1 Å². The summed E-state index contributed by atoms with van der Waals surface area (Å²) in [5.74, 6) is 1.07. The zero-order chi connectivity index (χ0) is 10.1. The van der Waals surface area contributed by atoms with E-state index >= 15 is 0 Å². The SMILES string of the molecule is CC(C)c1cccc(C(O)C2CC2)c1. The highest BCUT2D eigenvalue weighted by atomic mass is 16.3. The van der Waals surface area contributed by atoms with E-state index in [-0.39, 0.29) is 6.10 Å². The molecule has 1 aromatic carbocycles. The second-order valence-electron chi connectivity index (χ2n) is 4.61. The third-order valence-electron chi connectivity index (χ3n) is 2.99. The average Bonchev–Trinajstić information content (AvgIpc) is 3.00. The van der Waals surface area contributed by atoms with Crippen molar-refractivity contribution in [2.75, 3.05) is 0 Å². The minimum absolute atomic E-state index is 0.228. The van der Waals surface area contributed by atoms with Crippen LogP contribution in [0.4, 0.5) is 0 Å². The fraction of sp³-hybridized carbons (Fsp3) is 0.538. The van der Waals surface area contributed by atoms with Crippen LogP contribution in [0.15, 0.2) is 24.3 Å². The molecule has 2 rings (SSSR count). The summed E-state index contributed by atoms with van der Waals surface area (Å²) in [5.41, 5.74) is 2.42. The standard InChI is InChI=1S/C13H18O/c1-9(2)11-4-3-5-12(8-11)13(14)10-6-7-10/h3-5,8-10,13-14H,6-7H2,1-2H3. The maximum Gasteiger partial charge on any atom is 0.0818 e. The zero-order valence-corrected chi connectivity index (χ0v) is 8.90. The van der Waals surface area contributed by atoms with E-state index in [1.807, 2.05) is 6.07 Å². The van der Waals surface area contributed by atoms with Gasteiger partial charge in [-0.2, -0.15) is 0 Å². The van der Waals surface area contributed by atoms with E-state index in [9.17, 15) is 5.11 Å². The predicted molar refractivity (Wildman–Crippen MR) is 58.2 cm³/mol. The van der Waals surface area contributed by atoms with Crippen molar-refractivity contribution in [2.24, 2.45) is 5.92 Å². The van der Waals surface area contributed by atoms with Gasteiger partial charge in [-0.3, -0.25) is 0 Å². The minimum atomic E-state index is -0.228. The number of hydrogen-bond acceptors (Lipinski definition) is 1. The molecule has 1 aromatic rings. The number of aliphatic hydroxyl groups excluding tert-OH is 1. The molecule has 1 aliphatic carbocycles. The quantitative estimate of drug-likeness (QED) is 0.775. The molecule has 1 unspecified atom stereocenters. The number of rotatable bonds is 3. The molecule has 0 spiro atoms. The van der Waals surface area contributed by atoms with E-state index in [0.717, 1.165) is 5.56 Å². The van der Waals surface area contributed by atoms with Crippen LogP contribution in [0.1, 0.15) is 49.8 Å². The van der Waals surface area contributed by atoms with E-state index in [0.29, 0.717) is 11.8 Å². The average molecular weight is 190 g/mol. The Kier molecular flexibility index (Phi) is 2.60. The monoisotopic (exact) mass is 190 g/mol. The Morgan fingerprint density at radius 3 is 2.43 bits per heavy atom. The van der Waals surface area contributed by atoms with Gasteiger partial charge in [0.05, 0.1) is 6.10 Å². The Morgan fingerprint density at radius 1 is 1.21 bits per heavy atom. The summed E-state index contributed by atoms with van der Waals surface area (Å²) in [6, 6.07) is 8.37. The molecule has 0 amide bonds. The molecule has 0 bridgehead atoms. The van der Waals surface area contributed by atoms with E-state index in [4.69, 9.17) is 0 Å². The molecule has 1 saturated carbocycles. The molecular formula is C13H18O. The number of hydrogen-bond donors (Lipinski definition) is 1. The molecule has 0 saturated heterocycles. The Balaban J connectivity index is 2.20. The van der Waals surface area contributed by atoms with Crippen molar-refractivity contribution < 1.29 is 5.11 Å². The van der Waals surface area contributed by atoms with Crippen LogP contribution in [-0.4, -0.2) is 5.11 Å². The van der Waals surface area contributed by atoms with Gasteiger partial charge >= 0.3 is 0 Å². The first kappa shape index (κ1) is 9.72. The number of aliphatic hydroxyl groups is 1. The highest BCUT2D eigenvalue weighted by Gasteiger charge is 2.30. The van der Waals surface area contributed by atoms with Gasteiger partial charge in [0, 0.05) is 0 Å². The molecule has 1 fully saturated rings. The van der Waals surface area contributed by atoms with Crippen LogP contribution >= 0.6 is 0 Å². The van der Waals surface area contributed by atoms with Gasteiger partial charge in [0.2, 0.25) is 0 Å². The summed E-state index contributed by atoms with van der Waals surface area (Å²) in [5, 5.41) is 9.97. The van der Waals surface area contributed by atoms with Crippen molar-refractivity contribution in [3.8, 4) is 0 Å². The smallest absolute Gasteiger partial charge is 0.0818 e. The van der Waals surface area contributed by atoms with Gasteiger partial charge in [0.15, 0.2) is 0 Å². The van der Waals surface area contributed by atoms with Crippen LogP contribution in [0, 0.1) is 5.92 Å². The lowest BCUT2D eigenvalue weighted by atomic mass is 9.97. The van der Waals surface area contributed by atoms with E-state index in [1.54, 1.807) is 0 Å². The summed E-state index contributed by atoms with van der Waals surface area (Å²) in [7, 11) is 0. The van der Waals surface area contributed by atoms with Gasteiger partial charge in [0.25, 0.3) is 0 Å². The molecule has 1 atom stereocenters. The molecule has 1 N–H and O–H groups in total. The number of benzene rings is 1. The molecule has 0 aromatic heterocycles. The first-order valence-electron chi connectivity index (χ1n) is 5.46. The van der Waals surface area contributed by atoms with Gasteiger partial charge < -0.3 is 5.11 Å². The van der Waals surface area contributed by atoms with Crippen molar-refractivity contribution >= 4 is 0 Å². The first-order valence-corrected chi connectivity index (χ1v) is 5.46. The second-order valence-corrected chi connectivity index (χ2v) is 4.61. The maximum atomic E-state index is 9.97. The Labute approximate surface area is 85.8 Å². The largest absolute Gasteiger partial charge is 0.388 e. The van der Waals surface area contributed by atoms with Crippen LogP contribution in [0.5, 0.6) is 0 Å². The third-order valence-corrected chi connectivity index (χ3v) is 2.99. The minimum Gasteiger partial charge on any atom is -0.388 e. The Morgan fingerprint density at radius 2 is 1.86 bits per heavy atom. The van der Waals surface area contributed by atoms with Crippen LogP contribution in [0.25, 0.3) is 0 Å². The molecule has 1 nitrogen and oxygen atoms in total. The van der Waals surface area contributed by atoms with E-state index < -0.39 is 0 Å². The molecule has 0 aliphatic heterocycles. The van der Waals surface area contributed by atoms with Crippen molar-refractivity contribution in [2.45, 2.75) is 38.7 Å². The lowest BCUT2D eigenvalue weighted by molar-refractivity contribution is 0.153. The van der Waals surface area contributed by atoms with E-state index in [1.165, 1.54) is 18.4 Å². The fourth-order valence-electron chi connectivity index (χ4n) is 1.79. The molecule has 0 radical (unpaired) electrons. The van der Waals surface area contributed by atoms with E-state index in [2.05, 4.69) is 32.0 Å². The van der Waals surface area contributed by atoms with Crippen molar-refractivity contribution in [3.05, 3.63) is 35.4 Å². The van der Waals surface area contributed by atoms with Crippen LogP contribution < -0.4 is 0 Å². The summed E-state index contributed by atoms with van der Waals surface area (Å²) in [6.07, 6.45) is 2.15. The van der Waals surface area contributed by atoms with Gasteiger partial charge in [-0.15, -0.1) is 0 Å². The van der Waals surface area contributed by atoms with Crippen LogP contribution in [0.3, 0.4) is 0 Å². The van der Waals surface area contributed by atoms with Gasteiger partial charge in [-0.25, -0.2) is 0 Å². The van der Waals surface area contributed by atoms with Crippen molar-refractivity contribution in [3.63, 3.8) is 0 Å². The molecule has 14 heavy (non-hydrogen) atoms. The summed E-state index contributed by atoms with van der Waals surface area (Å²) < 4.78 is 0. The van der Waals surface area contributed by atoms with Gasteiger partial charge in [0.1, 0.15) is 0 Å². The first-order chi connectivity index (χ1) is 6.68.